The molecule has 6 heteroatoms. The summed E-state index contributed by atoms with van der Waals surface area (Å²) in [6.45, 7) is 2.18. The van der Waals surface area contributed by atoms with Crippen molar-refractivity contribution in [3.05, 3.63) is 77.9 Å². The summed E-state index contributed by atoms with van der Waals surface area (Å²) < 4.78 is 26.0. The first-order valence-electron chi connectivity index (χ1n) is 7.87. The van der Waals surface area contributed by atoms with Gasteiger partial charge in [0.2, 0.25) is 5.69 Å². The number of esters is 1. The summed E-state index contributed by atoms with van der Waals surface area (Å²) in [6, 6.07) is 15.7. The SMILES string of the molecule is CCOC(=O)c1nn(-c2ccccc2F)cc1OCc1ccccc1. The van der Waals surface area contributed by atoms with Gasteiger partial charge in [-0.05, 0) is 24.6 Å². The number of rotatable bonds is 6. The maximum Gasteiger partial charge on any atom is 0.362 e. The Kier molecular flexibility index (Phi) is 5.09. The second-order valence-corrected chi connectivity index (χ2v) is 5.23. The highest BCUT2D eigenvalue weighted by molar-refractivity contribution is 5.90. The van der Waals surface area contributed by atoms with Crippen LogP contribution in [-0.4, -0.2) is 22.4 Å². The maximum absolute atomic E-state index is 14.0. The molecular formula is C19H17FN2O3. The lowest BCUT2D eigenvalue weighted by molar-refractivity contribution is 0.0514. The number of benzene rings is 2. The third kappa shape index (κ3) is 3.85. The molecule has 0 saturated heterocycles. The summed E-state index contributed by atoms with van der Waals surface area (Å²) in [4.78, 5) is 12.1. The highest BCUT2D eigenvalue weighted by atomic mass is 19.1. The van der Waals surface area contributed by atoms with Crippen LogP contribution in [0, 0.1) is 5.82 Å². The van der Waals surface area contributed by atoms with Gasteiger partial charge in [0.25, 0.3) is 0 Å². The van der Waals surface area contributed by atoms with Gasteiger partial charge >= 0.3 is 5.97 Å². The van der Waals surface area contributed by atoms with Crippen LogP contribution in [0.15, 0.2) is 60.8 Å². The van der Waals surface area contributed by atoms with Crippen molar-refractivity contribution in [2.24, 2.45) is 0 Å². The molecule has 0 atom stereocenters. The molecule has 0 fully saturated rings. The zero-order chi connectivity index (χ0) is 17.6. The zero-order valence-corrected chi connectivity index (χ0v) is 13.7. The smallest absolute Gasteiger partial charge is 0.362 e. The van der Waals surface area contributed by atoms with E-state index in [0.717, 1.165) is 5.56 Å². The van der Waals surface area contributed by atoms with E-state index in [2.05, 4.69) is 5.10 Å². The first-order valence-corrected chi connectivity index (χ1v) is 7.87. The standard InChI is InChI=1S/C19H17FN2O3/c1-2-24-19(23)18-17(25-13-14-8-4-3-5-9-14)12-22(21-18)16-11-7-6-10-15(16)20/h3-12H,2,13H2,1H3. The summed E-state index contributed by atoms with van der Waals surface area (Å²) in [7, 11) is 0. The number of hydrogen-bond acceptors (Lipinski definition) is 4. The molecule has 1 aromatic heterocycles. The summed E-state index contributed by atoms with van der Waals surface area (Å²) >= 11 is 0. The van der Waals surface area contributed by atoms with Crippen LogP contribution < -0.4 is 4.74 Å². The van der Waals surface area contributed by atoms with Crippen LogP contribution in [0.1, 0.15) is 23.0 Å². The number of nitrogens with zero attached hydrogens (tertiary/aromatic N) is 2. The van der Waals surface area contributed by atoms with Crippen molar-refractivity contribution in [2.45, 2.75) is 13.5 Å². The van der Waals surface area contributed by atoms with Gasteiger partial charge < -0.3 is 9.47 Å². The Labute approximate surface area is 144 Å². The summed E-state index contributed by atoms with van der Waals surface area (Å²) in [6.07, 6.45) is 1.48. The average molecular weight is 340 g/mol. The molecule has 0 spiro atoms. The molecule has 0 amide bonds. The van der Waals surface area contributed by atoms with E-state index in [-0.39, 0.29) is 30.3 Å². The van der Waals surface area contributed by atoms with Crippen LogP contribution in [0.4, 0.5) is 4.39 Å². The van der Waals surface area contributed by atoms with E-state index in [1.54, 1.807) is 25.1 Å². The molecule has 0 bridgehead atoms. The zero-order valence-electron chi connectivity index (χ0n) is 13.7. The van der Waals surface area contributed by atoms with E-state index in [1.165, 1.54) is 16.9 Å². The van der Waals surface area contributed by atoms with E-state index in [9.17, 15) is 9.18 Å². The lowest BCUT2D eigenvalue weighted by atomic mass is 10.2. The Morgan fingerprint density at radius 2 is 1.84 bits per heavy atom. The minimum absolute atomic E-state index is 0.0148. The van der Waals surface area contributed by atoms with Gasteiger partial charge in [0.05, 0.1) is 12.8 Å². The van der Waals surface area contributed by atoms with Crippen molar-refractivity contribution in [2.75, 3.05) is 6.61 Å². The molecular weight excluding hydrogens is 323 g/mol. The van der Waals surface area contributed by atoms with E-state index in [0.29, 0.717) is 0 Å². The number of para-hydroxylation sites is 1. The molecule has 0 N–H and O–H groups in total. The normalized spacial score (nSPS) is 10.5. The number of aromatic nitrogens is 2. The maximum atomic E-state index is 14.0. The quantitative estimate of drug-likeness (QED) is 0.641. The first kappa shape index (κ1) is 16.7. The van der Waals surface area contributed by atoms with Crippen LogP contribution in [0.3, 0.4) is 0 Å². The molecule has 2 aromatic carbocycles. The third-order valence-electron chi connectivity index (χ3n) is 3.49. The van der Waals surface area contributed by atoms with E-state index in [1.807, 2.05) is 30.3 Å². The van der Waals surface area contributed by atoms with Gasteiger partial charge in [-0.25, -0.2) is 13.9 Å². The Bertz CT molecular complexity index is 862. The van der Waals surface area contributed by atoms with Gasteiger partial charge in [-0.2, -0.15) is 5.10 Å². The molecule has 128 valence electrons. The topological polar surface area (TPSA) is 53.3 Å². The summed E-state index contributed by atoms with van der Waals surface area (Å²) in [5.74, 6) is -0.818. The number of carbonyl (C=O) groups is 1. The molecule has 1 heterocycles. The summed E-state index contributed by atoms with van der Waals surface area (Å²) in [5, 5.41) is 4.15. The molecule has 25 heavy (non-hydrogen) atoms. The highest BCUT2D eigenvalue weighted by Crippen LogP contribution is 2.23. The Balaban J connectivity index is 1.92. The van der Waals surface area contributed by atoms with E-state index >= 15 is 0 Å². The van der Waals surface area contributed by atoms with Gasteiger partial charge in [0.1, 0.15) is 18.1 Å². The molecule has 3 rings (SSSR count). The van der Waals surface area contributed by atoms with Gasteiger partial charge in [-0.15, -0.1) is 0 Å². The van der Waals surface area contributed by atoms with Crippen molar-refractivity contribution in [1.82, 2.24) is 9.78 Å². The fraction of sp³-hybridized carbons (Fsp3) is 0.158. The van der Waals surface area contributed by atoms with E-state index in [4.69, 9.17) is 9.47 Å². The first-order chi connectivity index (χ1) is 12.2. The monoisotopic (exact) mass is 340 g/mol. The third-order valence-corrected chi connectivity index (χ3v) is 3.49. The molecule has 0 aliphatic rings. The van der Waals surface area contributed by atoms with Crippen LogP contribution >= 0.6 is 0 Å². The number of carbonyl (C=O) groups excluding carboxylic acids is 1. The van der Waals surface area contributed by atoms with Crippen molar-refractivity contribution in [3.8, 4) is 11.4 Å². The lowest BCUT2D eigenvalue weighted by Gasteiger charge is -2.05. The second kappa shape index (κ2) is 7.61. The lowest BCUT2D eigenvalue weighted by Crippen LogP contribution is -2.09. The van der Waals surface area contributed by atoms with Crippen LogP contribution in [0.25, 0.3) is 5.69 Å². The van der Waals surface area contributed by atoms with Crippen LogP contribution in [0.2, 0.25) is 0 Å². The second-order valence-electron chi connectivity index (χ2n) is 5.23. The van der Waals surface area contributed by atoms with Gasteiger partial charge in [0, 0.05) is 0 Å². The molecule has 0 saturated carbocycles. The molecule has 5 nitrogen and oxygen atoms in total. The predicted molar refractivity (Wildman–Crippen MR) is 90.3 cm³/mol. The predicted octanol–water partition coefficient (Wildman–Crippen LogP) is 3.77. The fourth-order valence-electron chi connectivity index (χ4n) is 2.30. The number of hydrogen-bond donors (Lipinski definition) is 0. The van der Waals surface area contributed by atoms with Crippen LogP contribution in [-0.2, 0) is 11.3 Å². The van der Waals surface area contributed by atoms with Crippen molar-refractivity contribution < 1.29 is 18.7 Å². The molecule has 3 aromatic rings. The van der Waals surface area contributed by atoms with Gasteiger partial charge in [-0.3, -0.25) is 0 Å². The number of halogens is 1. The summed E-state index contributed by atoms with van der Waals surface area (Å²) in [5.41, 5.74) is 1.18. The van der Waals surface area contributed by atoms with Crippen LogP contribution in [0.5, 0.6) is 5.75 Å². The minimum Gasteiger partial charge on any atom is -0.485 e. The van der Waals surface area contributed by atoms with Crippen molar-refractivity contribution >= 4 is 5.97 Å². The largest absolute Gasteiger partial charge is 0.485 e. The van der Waals surface area contributed by atoms with Crippen molar-refractivity contribution in [3.63, 3.8) is 0 Å². The Morgan fingerprint density at radius 3 is 2.56 bits per heavy atom. The van der Waals surface area contributed by atoms with Gasteiger partial charge in [-0.1, -0.05) is 42.5 Å². The molecule has 0 radical (unpaired) electrons. The fourth-order valence-corrected chi connectivity index (χ4v) is 2.30. The molecule has 0 aliphatic carbocycles. The highest BCUT2D eigenvalue weighted by Gasteiger charge is 2.21. The average Bonchev–Trinajstić information content (AvgIpc) is 3.05. The number of ether oxygens (including phenoxy) is 2. The van der Waals surface area contributed by atoms with Crippen molar-refractivity contribution in [1.29, 1.82) is 0 Å². The minimum atomic E-state index is -0.611. The Hall–Kier alpha value is -3.15. The van der Waals surface area contributed by atoms with Gasteiger partial charge in [0.15, 0.2) is 5.75 Å². The molecule has 0 aliphatic heterocycles. The Morgan fingerprint density at radius 1 is 1.12 bits per heavy atom. The van der Waals surface area contributed by atoms with E-state index < -0.39 is 11.8 Å². The molecule has 0 unspecified atom stereocenters.